The Morgan fingerprint density at radius 2 is 1.83 bits per heavy atom. The first kappa shape index (κ1) is 16.5. The predicted octanol–water partition coefficient (Wildman–Crippen LogP) is 2.64. The highest BCUT2D eigenvalue weighted by molar-refractivity contribution is 5.94. The van der Waals surface area contributed by atoms with Gasteiger partial charge in [0.05, 0.1) is 19.4 Å². The Balaban J connectivity index is 2.04. The topological polar surface area (TPSA) is 72.8 Å². The lowest BCUT2D eigenvalue weighted by Gasteiger charge is -2.11. The van der Waals surface area contributed by atoms with Gasteiger partial charge in [-0.05, 0) is 49.7 Å². The molecule has 1 heterocycles. The van der Waals surface area contributed by atoms with E-state index in [-0.39, 0.29) is 5.91 Å². The number of nitrogens with one attached hydrogen (secondary N) is 1. The van der Waals surface area contributed by atoms with Gasteiger partial charge in [0, 0.05) is 18.0 Å². The molecule has 1 aromatic carbocycles. The van der Waals surface area contributed by atoms with Crippen LogP contribution in [0.1, 0.15) is 29.8 Å². The summed E-state index contributed by atoms with van der Waals surface area (Å²) in [7, 11) is 0. The lowest BCUT2D eigenvalue weighted by molar-refractivity contribution is 0.0955. The summed E-state index contributed by atoms with van der Waals surface area (Å²) in [5, 5.41) is 3.95. The molecule has 0 saturated heterocycles. The summed E-state index contributed by atoms with van der Waals surface area (Å²) in [5.41, 5.74) is 3.77. The summed E-state index contributed by atoms with van der Waals surface area (Å²) in [5.74, 6) is 1.05. The number of hydrogen-bond donors (Lipinski definition) is 1. The van der Waals surface area contributed by atoms with Crippen LogP contribution >= 0.6 is 0 Å². The van der Waals surface area contributed by atoms with Crippen LogP contribution in [0.4, 0.5) is 0 Å². The van der Waals surface area contributed by atoms with Gasteiger partial charge in [0.2, 0.25) is 0 Å². The van der Waals surface area contributed by atoms with Gasteiger partial charge in [0.1, 0.15) is 0 Å². The van der Waals surface area contributed by atoms with E-state index in [4.69, 9.17) is 9.47 Å². The van der Waals surface area contributed by atoms with Crippen LogP contribution in [0.25, 0.3) is 0 Å². The number of rotatable bonds is 7. The molecule has 23 heavy (non-hydrogen) atoms. The molecular formula is C17H19N3O3. The third kappa shape index (κ3) is 4.81. The third-order valence-corrected chi connectivity index (χ3v) is 2.89. The molecule has 1 aromatic heterocycles. The number of benzene rings is 1. The largest absolute Gasteiger partial charge is 0.490 e. The first-order valence-corrected chi connectivity index (χ1v) is 7.37. The Labute approximate surface area is 135 Å². The summed E-state index contributed by atoms with van der Waals surface area (Å²) in [6.07, 6.45) is 4.66. The zero-order valence-corrected chi connectivity index (χ0v) is 13.2. The molecule has 120 valence electrons. The highest BCUT2D eigenvalue weighted by Crippen LogP contribution is 2.27. The SMILES string of the molecule is CCOc1ccc(/C=N\NC(=O)c2ccncc2)cc1OCC. The number of pyridine rings is 1. The van der Waals surface area contributed by atoms with Crippen LogP contribution in [-0.2, 0) is 0 Å². The van der Waals surface area contributed by atoms with E-state index >= 15 is 0 Å². The molecule has 2 aromatic rings. The number of amides is 1. The van der Waals surface area contributed by atoms with Crippen molar-refractivity contribution in [1.82, 2.24) is 10.4 Å². The molecular weight excluding hydrogens is 294 g/mol. The number of nitrogens with zero attached hydrogens (tertiary/aromatic N) is 2. The minimum absolute atomic E-state index is 0.292. The van der Waals surface area contributed by atoms with E-state index < -0.39 is 0 Å². The van der Waals surface area contributed by atoms with Gasteiger partial charge in [-0.3, -0.25) is 9.78 Å². The maximum absolute atomic E-state index is 11.8. The molecule has 1 amide bonds. The first-order chi connectivity index (χ1) is 11.2. The first-order valence-electron chi connectivity index (χ1n) is 7.37. The van der Waals surface area contributed by atoms with Gasteiger partial charge in [-0.15, -0.1) is 0 Å². The highest BCUT2D eigenvalue weighted by atomic mass is 16.5. The average molecular weight is 313 g/mol. The maximum Gasteiger partial charge on any atom is 0.271 e. The molecule has 6 heteroatoms. The van der Waals surface area contributed by atoms with Crippen molar-refractivity contribution in [2.75, 3.05) is 13.2 Å². The Morgan fingerprint density at radius 1 is 1.13 bits per heavy atom. The van der Waals surface area contributed by atoms with E-state index in [1.807, 2.05) is 32.0 Å². The molecule has 0 aliphatic heterocycles. The Kier molecular flexibility index (Phi) is 6.11. The molecule has 0 fully saturated rings. The minimum Gasteiger partial charge on any atom is -0.490 e. The molecule has 0 radical (unpaired) electrons. The zero-order valence-electron chi connectivity index (χ0n) is 13.2. The van der Waals surface area contributed by atoms with Gasteiger partial charge in [-0.25, -0.2) is 5.43 Å². The van der Waals surface area contributed by atoms with Gasteiger partial charge >= 0.3 is 0 Å². The maximum atomic E-state index is 11.8. The third-order valence-electron chi connectivity index (χ3n) is 2.89. The standard InChI is InChI=1S/C17H19N3O3/c1-3-22-15-6-5-13(11-16(15)23-4-2)12-19-20-17(21)14-7-9-18-10-8-14/h5-12H,3-4H2,1-2H3,(H,20,21)/b19-12-. The minimum atomic E-state index is -0.292. The molecule has 0 unspecified atom stereocenters. The van der Waals surface area contributed by atoms with Crippen LogP contribution in [0.2, 0.25) is 0 Å². The van der Waals surface area contributed by atoms with Gasteiger partial charge in [0.25, 0.3) is 5.91 Å². The summed E-state index contributed by atoms with van der Waals surface area (Å²) in [6.45, 7) is 4.93. The van der Waals surface area contributed by atoms with Gasteiger partial charge in [-0.1, -0.05) is 0 Å². The number of hydrogen-bond acceptors (Lipinski definition) is 5. The Bertz CT molecular complexity index is 672. The summed E-state index contributed by atoms with van der Waals surface area (Å²) in [4.78, 5) is 15.7. The second-order valence-electron chi connectivity index (χ2n) is 4.51. The van der Waals surface area contributed by atoms with E-state index in [2.05, 4.69) is 15.5 Å². The van der Waals surface area contributed by atoms with Crippen molar-refractivity contribution in [3.63, 3.8) is 0 Å². The molecule has 0 aliphatic carbocycles. The van der Waals surface area contributed by atoms with E-state index in [9.17, 15) is 4.79 Å². The molecule has 1 N–H and O–H groups in total. The van der Waals surface area contributed by atoms with Crippen LogP contribution in [-0.4, -0.2) is 30.3 Å². The van der Waals surface area contributed by atoms with Crippen molar-refractivity contribution in [3.8, 4) is 11.5 Å². The molecule has 0 saturated carbocycles. The second kappa shape index (κ2) is 8.53. The van der Waals surface area contributed by atoms with Crippen LogP contribution < -0.4 is 14.9 Å². The van der Waals surface area contributed by atoms with E-state index in [0.29, 0.717) is 30.3 Å². The fourth-order valence-corrected chi connectivity index (χ4v) is 1.88. The van der Waals surface area contributed by atoms with Crippen molar-refractivity contribution in [1.29, 1.82) is 0 Å². The van der Waals surface area contributed by atoms with Crippen molar-refractivity contribution >= 4 is 12.1 Å². The van der Waals surface area contributed by atoms with Gasteiger partial charge in [-0.2, -0.15) is 5.10 Å². The van der Waals surface area contributed by atoms with Gasteiger partial charge < -0.3 is 9.47 Å². The van der Waals surface area contributed by atoms with Crippen molar-refractivity contribution < 1.29 is 14.3 Å². The van der Waals surface area contributed by atoms with Crippen molar-refractivity contribution in [2.24, 2.45) is 5.10 Å². The highest BCUT2D eigenvalue weighted by Gasteiger charge is 2.05. The van der Waals surface area contributed by atoms with E-state index in [1.54, 1.807) is 30.7 Å². The van der Waals surface area contributed by atoms with Crippen LogP contribution in [0.3, 0.4) is 0 Å². The molecule has 2 rings (SSSR count). The van der Waals surface area contributed by atoms with E-state index in [0.717, 1.165) is 5.56 Å². The molecule has 0 spiro atoms. The quantitative estimate of drug-likeness (QED) is 0.630. The molecule has 0 aliphatic rings. The smallest absolute Gasteiger partial charge is 0.271 e. The lowest BCUT2D eigenvalue weighted by Crippen LogP contribution is -2.17. The molecule has 6 nitrogen and oxygen atoms in total. The van der Waals surface area contributed by atoms with Crippen molar-refractivity contribution in [3.05, 3.63) is 53.9 Å². The Morgan fingerprint density at radius 3 is 2.52 bits per heavy atom. The van der Waals surface area contributed by atoms with Gasteiger partial charge in [0.15, 0.2) is 11.5 Å². The predicted molar refractivity (Wildman–Crippen MR) is 88.1 cm³/mol. The summed E-state index contributed by atoms with van der Waals surface area (Å²) < 4.78 is 11.0. The monoisotopic (exact) mass is 313 g/mol. The molecule has 0 atom stereocenters. The fraction of sp³-hybridized carbons (Fsp3) is 0.235. The van der Waals surface area contributed by atoms with Crippen LogP contribution in [0.5, 0.6) is 11.5 Å². The fourth-order valence-electron chi connectivity index (χ4n) is 1.88. The van der Waals surface area contributed by atoms with E-state index in [1.165, 1.54) is 0 Å². The van der Waals surface area contributed by atoms with Crippen LogP contribution in [0, 0.1) is 0 Å². The summed E-state index contributed by atoms with van der Waals surface area (Å²) >= 11 is 0. The number of aromatic nitrogens is 1. The molecule has 0 bridgehead atoms. The number of carbonyl (C=O) groups is 1. The second-order valence-corrected chi connectivity index (χ2v) is 4.51. The average Bonchev–Trinajstić information content (AvgIpc) is 2.58. The van der Waals surface area contributed by atoms with Crippen molar-refractivity contribution in [2.45, 2.75) is 13.8 Å². The number of carbonyl (C=O) groups excluding carboxylic acids is 1. The Hall–Kier alpha value is -2.89. The number of ether oxygens (including phenoxy) is 2. The summed E-state index contributed by atoms with van der Waals surface area (Å²) in [6, 6.07) is 8.72. The number of hydrazone groups is 1. The zero-order chi connectivity index (χ0) is 16.5. The van der Waals surface area contributed by atoms with Crippen LogP contribution in [0.15, 0.2) is 47.8 Å². The lowest BCUT2D eigenvalue weighted by atomic mass is 10.2. The normalized spacial score (nSPS) is 10.5.